The minimum Gasteiger partial charge on any atom is -0.307 e. The van der Waals surface area contributed by atoms with Crippen LogP contribution in [0.15, 0.2) is 46.9 Å². The Balaban J connectivity index is 2.12. The van der Waals surface area contributed by atoms with Crippen molar-refractivity contribution in [2.24, 2.45) is 0 Å². The van der Waals surface area contributed by atoms with Crippen molar-refractivity contribution in [2.75, 3.05) is 10.6 Å². The first-order valence-electron chi connectivity index (χ1n) is 6.90. The first-order chi connectivity index (χ1) is 9.97. The largest absolute Gasteiger partial charge is 0.323 e. The molecule has 0 unspecified atom stereocenters. The molecule has 2 rings (SSSR count). The highest BCUT2D eigenvalue weighted by Gasteiger charge is 2.10. The Labute approximate surface area is 133 Å². The number of carbonyl (C=O) groups is 1. The van der Waals surface area contributed by atoms with Gasteiger partial charge in [-0.05, 0) is 48.2 Å². The predicted octanol–water partition coefficient (Wildman–Crippen LogP) is 5.52. The highest BCUT2D eigenvalue weighted by molar-refractivity contribution is 9.10. The fourth-order valence-corrected chi connectivity index (χ4v) is 2.63. The van der Waals surface area contributed by atoms with Crippen molar-refractivity contribution in [2.45, 2.75) is 26.7 Å². The molecule has 110 valence electrons. The van der Waals surface area contributed by atoms with Gasteiger partial charge in [-0.3, -0.25) is 0 Å². The molecule has 0 bridgehead atoms. The molecule has 2 aromatic rings. The SMILES string of the molecule is Cc1cc(Br)ccc1NC(=O)Nc1ccccc1C(C)C. The summed E-state index contributed by atoms with van der Waals surface area (Å²) in [6.07, 6.45) is 0. The van der Waals surface area contributed by atoms with Crippen LogP contribution in [0.3, 0.4) is 0 Å². The lowest BCUT2D eigenvalue weighted by Crippen LogP contribution is -2.20. The maximum absolute atomic E-state index is 12.2. The highest BCUT2D eigenvalue weighted by Crippen LogP contribution is 2.24. The van der Waals surface area contributed by atoms with E-state index in [0.717, 1.165) is 27.0 Å². The molecule has 0 radical (unpaired) electrons. The third kappa shape index (κ3) is 4.08. The molecular weight excluding hydrogens is 328 g/mol. The Morgan fingerprint density at radius 3 is 2.38 bits per heavy atom. The maximum atomic E-state index is 12.2. The van der Waals surface area contributed by atoms with Crippen LogP contribution in [0.2, 0.25) is 0 Å². The average molecular weight is 347 g/mol. The third-order valence-corrected chi connectivity index (χ3v) is 3.76. The predicted molar refractivity (Wildman–Crippen MR) is 92.1 cm³/mol. The summed E-state index contributed by atoms with van der Waals surface area (Å²) < 4.78 is 0.996. The number of hydrogen-bond acceptors (Lipinski definition) is 1. The molecule has 3 nitrogen and oxygen atoms in total. The second-order valence-electron chi connectivity index (χ2n) is 5.28. The molecule has 0 heterocycles. The molecule has 0 aliphatic carbocycles. The summed E-state index contributed by atoms with van der Waals surface area (Å²) in [6.45, 7) is 6.18. The van der Waals surface area contributed by atoms with E-state index < -0.39 is 0 Å². The standard InChI is InChI=1S/C17H19BrN2O/c1-11(2)14-6-4-5-7-16(14)20-17(21)19-15-9-8-13(18)10-12(15)3/h4-11H,1-3H3,(H2,19,20,21). The Bertz CT molecular complexity index is 653. The Morgan fingerprint density at radius 1 is 1.05 bits per heavy atom. The van der Waals surface area contributed by atoms with Crippen molar-refractivity contribution in [3.05, 3.63) is 58.1 Å². The number of aryl methyl sites for hydroxylation is 1. The molecule has 0 aliphatic rings. The van der Waals surface area contributed by atoms with Crippen molar-refractivity contribution in [1.29, 1.82) is 0 Å². The van der Waals surface area contributed by atoms with Gasteiger partial charge in [0, 0.05) is 15.8 Å². The smallest absolute Gasteiger partial charge is 0.307 e. The number of hydrogen-bond donors (Lipinski definition) is 2. The van der Waals surface area contributed by atoms with Gasteiger partial charge in [-0.25, -0.2) is 4.79 Å². The van der Waals surface area contributed by atoms with Gasteiger partial charge in [0.05, 0.1) is 0 Å². The van der Waals surface area contributed by atoms with E-state index in [4.69, 9.17) is 0 Å². The zero-order chi connectivity index (χ0) is 15.4. The van der Waals surface area contributed by atoms with Crippen LogP contribution in [-0.2, 0) is 0 Å². The molecule has 2 amide bonds. The van der Waals surface area contributed by atoms with Crippen LogP contribution in [0.5, 0.6) is 0 Å². The van der Waals surface area contributed by atoms with Gasteiger partial charge in [-0.2, -0.15) is 0 Å². The van der Waals surface area contributed by atoms with Crippen LogP contribution in [0, 0.1) is 6.92 Å². The molecule has 2 aromatic carbocycles. The number of para-hydroxylation sites is 1. The number of urea groups is 1. The molecule has 0 saturated carbocycles. The van der Waals surface area contributed by atoms with Crippen molar-refractivity contribution in [1.82, 2.24) is 0 Å². The van der Waals surface area contributed by atoms with Gasteiger partial charge in [0.25, 0.3) is 0 Å². The molecule has 4 heteroatoms. The molecule has 2 N–H and O–H groups in total. The fraction of sp³-hybridized carbons (Fsp3) is 0.235. The van der Waals surface area contributed by atoms with Crippen molar-refractivity contribution < 1.29 is 4.79 Å². The number of rotatable bonds is 3. The van der Waals surface area contributed by atoms with Crippen LogP contribution < -0.4 is 10.6 Å². The number of amides is 2. The molecule has 0 fully saturated rings. The minimum atomic E-state index is -0.228. The summed E-state index contributed by atoms with van der Waals surface area (Å²) in [7, 11) is 0. The maximum Gasteiger partial charge on any atom is 0.323 e. The summed E-state index contributed by atoms with van der Waals surface area (Å²) in [5.41, 5.74) is 3.79. The molecule has 0 aromatic heterocycles. The molecule has 21 heavy (non-hydrogen) atoms. The van der Waals surface area contributed by atoms with E-state index in [1.807, 2.05) is 49.4 Å². The van der Waals surface area contributed by atoms with E-state index in [-0.39, 0.29) is 6.03 Å². The summed E-state index contributed by atoms with van der Waals surface area (Å²) in [4.78, 5) is 12.2. The summed E-state index contributed by atoms with van der Waals surface area (Å²) in [5, 5.41) is 5.80. The second kappa shape index (κ2) is 6.76. The van der Waals surface area contributed by atoms with E-state index in [9.17, 15) is 4.79 Å². The van der Waals surface area contributed by atoms with Gasteiger partial charge in [0.1, 0.15) is 0 Å². The fourth-order valence-electron chi connectivity index (χ4n) is 2.16. The Morgan fingerprint density at radius 2 is 1.71 bits per heavy atom. The van der Waals surface area contributed by atoms with E-state index in [1.54, 1.807) is 0 Å². The summed E-state index contributed by atoms with van der Waals surface area (Å²) >= 11 is 3.41. The van der Waals surface area contributed by atoms with Gasteiger partial charge in [0.2, 0.25) is 0 Å². The minimum absolute atomic E-state index is 0.228. The van der Waals surface area contributed by atoms with Crippen LogP contribution in [0.1, 0.15) is 30.9 Å². The lowest BCUT2D eigenvalue weighted by molar-refractivity contribution is 0.262. The molecule has 0 saturated heterocycles. The van der Waals surface area contributed by atoms with Crippen LogP contribution in [-0.4, -0.2) is 6.03 Å². The number of benzene rings is 2. The van der Waals surface area contributed by atoms with Crippen molar-refractivity contribution in [3.8, 4) is 0 Å². The van der Waals surface area contributed by atoms with E-state index in [0.29, 0.717) is 5.92 Å². The summed E-state index contributed by atoms with van der Waals surface area (Å²) in [5.74, 6) is 0.357. The first-order valence-corrected chi connectivity index (χ1v) is 7.69. The monoisotopic (exact) mass is 346 g/mol. The van der Waals surface area contributed by atoms with Gasteiger partial charge in [-0.15, -0.1) is 0 Å². The quantitative estimate of drug-likeness (QED) is 0.754. The number of halogens is 1. The van der Waals surface area contributed by atoms with Gasteiger partial charge in [-0.1, -0.05) is 48.0 Å². The Kier molecular flexibility index (Phi) is 5.02. The Hall–Kier alpha value is -1.81. The average Bonchev–Trinajstić information content (AvgIpc) is 2.42. The van der Waals surface area contributed by atoms with E-state index in [1.165, 1.54) is 0 Å². The molecule has 0 aliphatic heterocycles. The topological polar surface area (TPSA) is 41.1 Å². The zero-order valence-electron chi connectivity index (χ0n) is 12.4. The van der Waals surface area contributed by atoms with Crippen molar-refractivity contribution in [3.63, 3.8) is 0 Å². The highest BCUT2D eigenvalue weighted by atomic mass is 79.9. The number of anilines is 2. The number of carbonyl (C=O) groups excluding carboxylic acids is 1. The first kappa shape index (κ1) is 15.6. The van der Waals surface area contributed by atoms with Crippen LogP contribution in [0.25, 0.3) is 0 Å². The van der Waals surface area contributed by atoms with Crippen LogP contribution in [0.4, 0.5) is 16.2 Å². The van der Waals surface area contributed by atoms with Crippen molar-refractivity contribution >= 4 is 33.3 Å². The van der Waals surface area contributed by atoms with Gasteiger partial charge >= 0.3 is 6.03 Å². The van der Waals surface area contributed by atoms with E-state index >= 15 is 0 Å². The third-order valence-electron chi connectivity index (χ3n) is 3.27. The molecule has 0 atom stereocenters. The van der Waals surface area contributed by atoms with Crippen LogP contribution >= 0.6 is 15.9 Å². The van der Waals surface area contributed by atoms with Gasteiger partial charge in [0.15, 0.2) is 0 Å². The van der Waals surface area contributed by atoms with Gasteiger partial charge < -0.3 is 10.6 Å². The molecule has 0 spiro atoms. The lowest BCUT2D eigenvalue weighted by Gasteiger charge is -2.15. The summed E-state index contributed by atoms with van der Waals surface area (Å²) in [6, 6.07) is 13.4. The molecular formula is C17H19BrN2O. The normalized spacial score (nSPS) is 10.5. The zero-order valence-corrected chi connectivity index (χ0v) is 14.0. The lowest BCUT2D eigenvalue weighted by atomic mass is 10.0. The number of nitrogens with one attached hydrogen (secondary N) is 2. The second-order valence-corrected chi connectivity index (χ2v) is 6.20. The van der Waals surface area contributed by atoms with E-state index in [2.05, 4.69) is 40.4 Å².